The number of benzene rings is 1. The van der Waals surface area contributed by atoms with Gasteiger partial charge in [0.05, 0.1) is 32.7 Å². The standard InChI is InChI=1S/C25H26N6O7S2/c1-15-11-18(25(28-13-15)40(26,34)35)21-22(38-20-8-6-5-7-19(20)36-2)24(37-3)31-23(30-21)16-9-10-27-17(12-16)14-29-39(4,32)33/h5-13,29H,14H2,1-4H3,(H2,26,34,35). The van der Waals surface area contributed by atoms with E-state index in [-0.39, 0.29) is 41.0 Å². The average molecular weight is 587 g/mol. The molecule has 0 bridgehead atoms. The minimum Gasteiger partial charge on any atom is -0.493 e. The van der Waals surface area contributed by atoms with Crippen LogP contribution in [0.5, 0.6) is 23.1 Å². The molecule has 0 aliphatic carbocycles. The Balaban J connectivity index is 1.98. The number of hydrogen-bond acceptors (Lipinski definition) is 11. The third-order valence-corrected chi connectivity index (χ3v) is 6.94. The summed E-state index contributed by atoms with van der Waals surface area (Å²) in [7, 11) is -4.91. The first-order chi connectivity index (χ1) is 18.9. The number of nitrogens with one attached hydrogen (secondary N) is 1. The Morgan fingerprint density at radius 3 is 2.33 bits per heavy atom. The monoisotopic (exact) mass is 586 g/mol. The number of nitrogens with zero attached hydrogens (tertiary/aromatic N) is 4. The molecule has 3 N–H and O–H groups in total. The number of aryl methyl sites for hydroxylation is 1. The summed E-state index contributed by atoms with van der Waals surface area (Å²) in [5.41, 5.74) is 1.55. The lowest BCUT2D eigenvalue weighted by molar-refractivity contribution is 0.347. The first kappa shape index (κ1) is 28.8. The maximum absolute atomic E-state index is 12.5. The second kappa shape index (κ2) is 11.5. The summed E-state index contributed by atoms with van der Waals surface area (Å²) in [6.07, 6.45) is 3.87. The van der Waals surface area contributed by atoms with Crippen LogP contribution in [-0.4, -0.2) is 57.2 Å². The highest BCUT2D eigenvalue weighted by Crippen LogP contribution is 2.43. The van der Waals surface area contributed by atoms with Crippen molar-refractivity contribution in [2.45, 2.75) is 18.5 Å². The molecule has 0 unspecified atom stereocenters. The number of sulfonamides is 2. The molecule has 0 fully saturated rings. The van der Waals surface area contributed by atoms with Crippen LogP contribution in [-0.2, 0) is 26.6 Å². The predicted molar refractivity (Wildman–Crippen MR) is 146 cm³/mol. The highest BCUT2D eigenvalue weighted by molar-refractivity contribution is 7.89. The third kappa shape index (κ3) is 6.69. The van der Waals surface area contributed by atoms with Crippen LogP contribution in [0.4, 0.5) is 0 Å². The van der Waals surface area contributed by atoms with E-state index in [9.17, 15) is 16.8 Å². The summed E-state index contributed by atoms with van der Waals surface area (Å²) in [6, 6.07) is 11.6. The molecule has 40 heavy (non-hydrogen) atoms. The topological polar surface area (TPSA) is 186 Å². The molecule has 3 aromatic heterocycles. The van der Waals surface area contributed by atoms with Crippen molar-refractivity contribution in [2.75, 3.05) is 20.5 Å². The molecule has 0 aliphatic heterocycles. The molecule has 0 amide bonds. The van der Waals surface area contributed by atoms with Gasteiger partial charge in [0, 0.05) is 23.5 Å². The largest absolute Gasteiger partial charge is 0.493 e. The van der Waals surface area contributed by atoms with Crippen molar-refractivity contribution in [3.63, 3.8) is 0 Å². The molecule has 3 heterocycles. The highest BCUT2D eigenvalue weighted by Gasteiger charge is 2.27. The van der Waals surface area contributed by atoms with Gasteiger partial charge in [-0.15, -0.1) is 0 Å². The summed E-state index contributed by atoms with van der Waals surface area (Å²) in [5, 5.41) is 5.08. The number of methoxy groups -OCH3 is 2. The van der Waals surface area contributed by atoms with E-state index in [4.69, 9.17) is 19.3 Å². The fraction of sp³-hybridized carbons (Fsp3) is 0.200. The minimum atomic E-state index is -4.29. The fourth-order valence-electron chi connectivity index (χ4n) is 3.66. The van der Waals surface area contributed by atoms with Crippen molar-refractivity contribution in [1.82, 2.24) is 24.7 Å². The maximum atomic E-state index is 12.5. The molecule has 4 aromatic rings. The normalized spacial score (nSPS) is 11.7. The van der Waals surface area contributed by atoms with Gasteiger partial charge in [0.25, 0.3) is 15.9 Å². The Labute approximate surface area is 231 Å². The van der Waals surface area contributed by atoms with Crippen LogP contribution in [0.2, 0.25) is 0 Å². The molecule has 0 spiro atoms. The van der Waals surface area contributed by atoms with E-state index in [1.54, 1.807) is 49.4 Å². The molecular formula is C25H26N6O7S2. The van der Waals surface area contributed by atoms with Crippen LogP contribution in [0.15, 0.2) is 59.9 Å². The van der Waals surface area contributed by atoms with Crippen molar-refractivity contribution in [2.24, 2.45) is 5.14 Å². The van der Waals surface area contributed by atoms with Crippen molar-refractivity contribution in [3.8, 4) is 45.8 Å². The van der Waals surface area contributed by atoms with Crippen molar-refractivity contribution in [1.29, 1.82) is 0 Å². The number of ether oxygens (including phenoxy) is 3. The lowest BCUT2D eigenvalue weighted by Gasteiger charge is -2.18. The van der Waals surface area contributed by atoms with Crippen LogP contribution in [0.25, 0.3) is 22.6 Å². The van der Waals surface area contributed by atoms with Gasteiger partial charge in [-0.3, -0.25) is 4.98 Å². The van der Waals surface area contributed by atoms with Crippen LogP contribution in [0, 0.1) is 6.92 Å². The maximum Gasteiger partial charge on any atom is 0.261 e. The van der Waals surface area contributed by atoms with Gasteiger partial charge in [0.1, 0.15) is 5.69 Å². The zero-order chi connectivity index (χ0) is 29.1. The lowest BCUT2D eigenvalue weighted by Crippen LogP contribution is -2.21. The number of pyridine rings is 2. The molecule has 13 nitrogen and oxygen atoms in total. The number of hydrogen-bond donors (Lipinski definition) is 2. The Morgan fingerprint density at radius 2 is 1.68 bits per heavy atom. The molecule has 0 saturated heterocycles. The van der Waals surface area contributed by atoms with Gasteiger partial charge in [-0.1, -0.05) is 12.1 Å². The SMILES string of the molecule is COc1ccccc1Oc1c(OC)nc(-c2ccnc(CNS(C)(=O)=O)c2)nc1-c1cc(C)cnc1S(N)(=O)=O. The number of primary sulfonamides is 1. The van der Waals surface area contributed by atoms with Gasteiger partial charge < -0.3 is 14.2 Å². The lowest BCUT2D eigenvalue weighted by atomic mass is 10.1. The Morgan fingerprint density at radius 1 is 0.950 bits per heavy atom. The number of rotatable bonds is 10. The van der Waals surface area contributed by atoms with Crippen LogP contribution < -0.4 is 24.1 Å². The second-order valence-corrected chi connectivity index (χ2v) is 11.8. The van der Waals surface area contributed by atoms with E-state index in [0.717, 1.165) is 6.26 Å². The van der Waals surface area contributed by atoms with Crippen molar-refractivity contribution in [3.05, 3.63) is 66.1 Å². The Hall–Kier alpha value is -4.18. The second-order valence-electron chi connectivity index (χ2n) is 8.53. The van der Waals surface area contributed by atoms with Crippen molar-refractivity contribution >= 4 is 20.0 Å². The molecule has 0 aliphatic rings. The molecular weight excluding hydrogens is 560 g/mol. The van der Waals surface area contributed by atoms with Crippen LogP contribution in [0.3, 0.4) is 0 Å². The average Bonchev–Trinajstić information content (AvgIpc) is 2.91. The summed E-state index contributed by atoms with van der Waals surface area (Å²) in [6.45, 7) is 1.66. The molecule has 4 rings (SSSR count). The van der Waals surface area contributed by atoms with E-state index >= 15 is 0 Å². The van der Waals surface area contributed by atoms with Gasteiger partial charge in [-0.25, -0.2) is 36.7 Å². The van der Waals surface area contributed by atoms with E-state index in [1.807, 2.05) is 0 Å². The highest BCUT2D eigenvalue weighted by atomic mass is 32.2. The summed E-state index contributed by atoms with van der Waals surface area (Å²) < 4.78 is 67.7. The Kier molecular flexibility index (Phi) is 8.29. The number of aromatic nitrogens is 4. The van der Waals surface area contributed by atoms with Gasteiger partial charge in [0.15, 0.2) is 22.3 Å². The molecule has 1 aromatic carbocycles. The van der Waals surface area contributed by atoms with Crippen LogP contribution in [0.1, 0.15) is 11.3 Å². The predicted octanol–water partition coefficient (Wildman–Crippen LogP) is 2.42. The molecule has 0 saturated carbocycles. The summed E-state index contributed by atoms with van der Waals surface area (Å²) in [4.78, 5) is 17.4. The minimum absolute atomic E-state index is 0.0129. The summed E-state index contributed by atoms with van der Waals surface area (Å²) >= 11 is 0. The van der Waals surface area contributed by atoms with Gasteiger partial charge in [-0.05, 0) is 42.8 Å². The number of para-hydroxylation sites is 2. The smallest absolute Gasteiger partial charge is 0.261 e. The zero-order valence-electron chi connectivity index (χ0n) is 21.9. The van der Waals surface area contributed by atoms with Gasteiger partial charge >= 0.3 is 0 Å². The van der Waals surface area contributed by atoms with E-state index < -0.39 is 25.1 Å². The van der Waals surface area contributed by atoms with E-state index in [0.29, 0.717) is 22.6 Å². The molecule has 0 radical (unpaired) electrons. The van der Waals surface area contributed by atoms with E-state index in [1.165, 1.54) is 26.6 Å². The van der Waals surface area contributed by atoms with Crippen LogP contribution >= 0.6 is 0 Å². The number of nitrogens with two attached hydrogens (primary N) is 1. The quantitative estimate of drug-likeness (QED) is 0.278. The first-order valence-corrected chi connectivity index (χ1v) is 15.0. The molecule has 0 atom stereocenters. The first-order valence-electron chi connectivity index (χ1n) is 11.6. The molecule has 210 valence electrons. The third-order valence-electron chi connectivity index (χ3n) is 5.41. The van der Waals surface area contributed by atoms with E-state index in [2.05, 4.69) is 24.7 Å². The Bertz CT molecular complexity index is 1780. The summed E-state index contributed by atoms with van der Waals surface area (Å²) in [5.74, 6) is 0.757. The fourth-order valence-corrected chi connectivity index (χ4v) is 4.73. The van der Waals surface area contributed by atoms with Crippen molar-refractivity contribution < 1.29 is 31.0 Å². The van der Waals surface area contributed by atoms with Gasteiger partial charge in [-0.2, -0.15) is 4.98 Å². The van der Waals surface area contributed by atoms with Gasteiger partial charge in [0.2, 0.25) is 15.8 Å². The molecule has 15 heteroatoms. The zero-order valence-corrected chi connectivity index (χ0v) is 23.6.